The maximum atomic E-state index is 12.4. The van der Waals surface area contributed by atoms with E-state index < -0.39 is 16.1 Å². The lowest BCUT2D eigenvalue weighted by atomic mass is 9.87. The molecule has 2 fully saturated rings. The van der Waals surface area contributed by atoms with E-state index in [0.29, 0.717) is 18.9 Å². The van der Waals surface area contributed by atoms with Crippen molar-refractivity contribution in [2.45, 2.75) is 64.0 Å². The highest BCUT2D eigenvalue weighted by Crippen LogP contribution is 2.25. The highest BCUT2D eigenvalue weighted by atomic mass is 32.2. The molecule has 1 amide bonds. The summed E-state index contributed by atoms with van der Waals surface area (Å²) in [4.78, 5) is 12.4. The minimum atomic E-state index is -3.30. The monoisotopic (exact) mass is 302 g/mol. The number of carbonyl (C=O) groups excluding carboxylic acids is 1. The van der Waals surface area contributed by atoms with E-state index >= 15 is 0 Å². The van der Waals surface area contributed by atoms with Crippen LogP contribution in [-0.4, -0.2) is 43.5 Å². The van der Waals surface area contributed by atoms with Crippen molar-refractivity contribution in [2.24, 2.45) is 5.92 Å². The van der Waals surface area contributed by atoms with Crippen LogP contribution in [0.3, 0.4) is 0 Å². The molecular formula is C14H26N2O3S. The fourth-order valence-electron chi connectivity index (χ4n) is 3.43. The van der Waals surface area contributed by atoms with E-state index in [-0.39, 0.29) is 11.9 Å². The second-order valence-electron chi connectivity index (χ2n) is 6.36. The molecule has 1 N–H and O–H groups in total. The van der Waals surface area contributed by atoms with Crippen LogP contribution in [0.25, 0.3) is 0 Å². The van der Waals surface area contributed by atoms with Crippen molar-refractivity contribution in [1.82, 2.24) is 9.62 Å². The van der Waals surface area contributed by atoms with Gasteiger partial charge in [-0.3, -0.25) is 4.79 Å². The number of nitrogens with zero attached hydrogens (tertiary/aromatic N) is 1. The maximum absolute atomic E-state index is 12.4. The molecule has 116 valence electrons. The molecule has 6 heteroatoms. The van der Waals surface area contributed by atoms with Crippen molar-refractivity contribution >= 4 is 15.9 Å². The van der Waals surface area contributed by atoms with E-state index in [1.54, 1.807) is 0 Å². The van der Waals surface area contributed by atoms with Crippen molar-refractivity contribution in [3.63, 3.8) is 0 Å². The lowest BCUT2D eigenvalue weighted by Gasteiger charge is -2.35. The van der Waals surface area contributed by atoms with Crippen LogP contribution >= 0.6 is 0 Å². The zero-order valence-corrected chi connectivity index (χ0v) is 13.3. The molecule has 1 saturated carbocycles. The summed E-state index contributed by atoms with van der Waals surface area (Å²) in [5.74, 6) is 0.542. The highest BCUT2D eigenvalue weighted by molar-refractivity contribution is 7.88. The average molecular weight is 302 g/mol. The number of rotatable bonds is 3. The van der Waals surface area contributed by atoms with E-state index in [1.165, 1.54) is 17.0 Å². The van der Waals surface area contributed by atoms with Crippen LogP contribution < -0.4 is 5.32 Å². The quantitative estimate of drug-likeness (QED) is 0.859. The zero-order chi connectivity index (χ0) is 14.8. The molecule has 0 aromatic carbocycles. The third-order valence-corrected chi connectivity index (χ3v) is 5.75. The Hall–Kier alpha value is -0.620. The molecule has 1 aliphatic carbocycles. The van der Waals surface area contributed by atoms with Gasteiger partial charge in [0, 0.05) is 12.6 Å². The standard InChI is InChI=1S/C14H26N2O3S/c1-11-6-5-7-12(10-11)15-14(17)13-8-3-4-9-16(13)20(2,18)19/h11-13H,3-10H2,1-2H3,(H,15,17). The molecule has 5 nitrogen and oxygen atoms in total. The highest BCUT2D eigenvalue weighted by Gasteiger charge is 2.35. The van der Waals surface area contributed by atoms with Crippen molar-refractivity contribution in [3.8, 4) is 0 Å². The largest absolute Gasteiger partial charge is 0.352 e. The second kappa shape index (κ2) is 6.43. The molecule has 3 unspecified atom stereocenters. The molecular weight excluding hydrogens is 276 g/mol. The molecule has 2 rings (SSSR count). The van der Waals surface area contributed by atoms with E-state index in [9.17, 15) is 13.2 Å². The van der Waals surface area contributed by atoms with Crippen LogP contribution in [0.2, 0.25) is 0 Å². The molecule has 0 spiro atoms. The lowest BCUT2D eigenvalue weighted by molar-refractivity contribution is -0.126. The van der Waals surface area contributed by atoms with Gasteiger partial charge in [-0.25, -0.2) is 8.42 Å². The van der Waals surface area contributed by atoms with Gasteiger partial charge in [0.2, 0.25) is 15.9 Å². The molecule has 0 aromatic rings. The number of hydrogen-bond donors (Lipinski definition) is 1. The second-order valence-corrected chi connectivity index (χ2v) is 8.30. The van der Waals surface area contributed by atoms with Crippen LogP contribution in [-0.2, 0) is 14.8 Å². The fraction of sp³-hybridized carbons (Fsp3) is 0.929. The molecule has 20 heavy (non-hydrogen) atoms. The van der Waals surface area contributed by atoms with Gasteiger partial charge in [0.25, 0.3) is 0 Å². The molecule has 1 aliphatic heterocycles. The Balaban J connectivity index is 1.99. The Labute approximate surface area is 122 Å². The summed E-state index contributed by atoms with van der Waals surface area (Å²) < 4.78 is 25.0. The number of carbonyl (C=O) groups is 1. The third-order valence-electron chi connectivity index (χ3n) is 4.47. The molecule has 1 saturated heterocycles. The van der Waals surface area contributed by atoms with Crippen molar-refractivity contribution in [1.29, 1.82) is 0 Å². The van der Waals surface area contributed by atoms with Crippen LogP contribution in [0, 0.1) is 5.92 Å². The Morgan fingerprint density at radius 2 is 1.90 bits per heavy atom. The van der Waals surface area contributed by atoms with Gasteiger partial charge in [0.05, 0.1) is 6.26 Å². The van der Waals surface area contributed by atoms with Gasteiger partial charge in [-0.1, -0.05) is 26.2 Å². The van der Waals surface area contributed by atoms with Crippen LogP contribution in [0.5, 0.6) is 0 Å². The van der Waals surface area contributed by atoms with Crippen molar-refractivity contribution < 1.29 is 13.2 Å². The summed E-state index contributed by atoms with van der Waals surface area (Å²) in [6.45, 7) is 2.68. The molecule has 1 heterocycles. The normalized spacial score (nSPS) is 32.8. The molecule has 0 bridgehead atoms. The first kappa shape index (κ1) is 15.8. The summed E-state index contributed by atoms with van der Waals surface area (Å²) in [5.41, 5.74) is 0. The van der Waals surface area contributed by atoms with Crippen molar-refractivity contribution in [2.75, 3.05) is 12.8 Å². The van der Waals surface area contributed by atoms with E-state index in [4.69, 9.17) is 0 Å². The van der Waals surface area contributed by atoms with Gasteiger partial charge in [-0.05, 0) is 31.6 Å². The average Bonchev–Trinajstić information content (AvgIpc) is 2.37. The van der Waals surface area contributed by atoms with Crippen LogP contribution in [0.4, 0.5) is 0 Å². The van der Waals surface area contributed by atoms with E-state index in [0.717, 1.165) is 32.1 Å². The zero-order valence-electron chi connectivity index (χ0n) is 12.5. The Morgan fingerprint density at radius 1 is 1.15 bits per heavy atom. The predicted octanol–water partition coefficient (Wildman–Crippen LogP) is 1.50. The van der Waals surface area contributed by atoms with Crippen LogP contribution in [0.1, 0.15) is 51.9 Å². The van der Waals surface area contributed by atoms with Gasteiger partial charge in [-0.2, -0.15) is 4.31 Å². The first-order valence-corrected chi connectivity index (χ1v) is 9.50. The van der Waals surface area contributed by atoms with Gasteiger partial charge < -0.3 is 5.32 Å². The summed E-state index contributed by atoms with van der Waals surface area (Å²) in [6, 6.07) is -0.287. The van der Waals surface area contributed by atoms with E-state index in [1.807, 2.05) is 0 Å². The molecule has 3 atom stereocenters. The van der Waals surface area contributed by atoms with Crippen LogP contribution in [0.15, 0.2) is 0 Å². The summed E-state index contributed by atoms with van der Waals surface area (Å²) in [5, 5.41) is 3.08. The Bertz CT molecular complexity index is 449. The van der Waals surface area contributed by atoms with Gasteiger partial charge in [0.1, 0.15) is 6.04 Å². The Kier molecular flexibility index (Phi) is 5.07. The van der Waals surface area contributed by atoms with Gasteiger partial charge >= 0.3 is 0 Å². The van der Waals surface area contributed by atoms with Gasteiger partial charge in [0.15, 0.2) is 0 Å². The number of sulfonamides is 1. The topological polar surface area (TPSA) is 66.5 Å². The fourth-order valence-corrected chi connectivity index (χ4v) is 4.55. The number of amides is 1. The molecule has 0 radical (unpaired) electrons. The smallest absolute Gasteiger partial charge is 0.238 e. The number of hydrogen-bond acceptors (Lipinski definition) is 3. The first-order chi connectivity index (χ1) is 9.38. The number of nitrogens with one attached hydrogen (secondary N) is 1. The maximum Gasteiger partial charge on any atom is 0.238 e. The Morgan fingerprint density at radius 3 is 2.55 bits per heavy atom. The summed E-state index contributed by atoms with van der Waals surface area (Å²) in [6.07, 6.45) is 8.00. The molecule has 0 aromatic heterocycles. The third kappa shape index (κ3) is 3.95. The molecule has 2 aliphatic rings. The lowest BCUT2D eigenvalue weighted by Crippen LogP contribution is -2.53. The van der Waals surface area contributed by atoms with Crippen molar-refractivity contribution in [3.05, 3.63) is 0 Å². The minimum absolute atomic E-state index is 0.103. The first-order valence-electron chi connectivity index (χ1n) is 7.65. The predicted molar refractivity (Wildman–Crippen MR) is 78.8 cm³/mol. The number of piperidine rings is 1. The SMILES string of the molecule is CC1CCCC(NC(=O)C2CCCCN2S(C)(=O)=O)C1. The minimum Gasteiger partial charge on any atom is -0.352 e. The summed E-state index contributed by atoms with van der Waals surface area (Å²) >= 11 is 0. The summed E-state index contributed by atoms with van der Waals surface area (Å²) in [7, 11) is -3.30. The van der Waals surface area contributed by atoms with Gasteiger partial charge in [-0.15, -0.1) is 0 Å². The van der Waals surface area contributed by atoms with E-state index in [2.05, 4.69) is 12.2 Å².